The van der Waals surface area contributed by atoms with Crippen molar-refractivity contribution in [3.8, 4) is 11.5 Å². The lowest BCUT2D eigenvalue weighted by atomic mass is 10.2. The lowest BCUT2D eigenvalue weighted by Crippen LogP contribution is -2.16. The standard InChI is InChI=1S/C17H12BrIN2O4/c1-24-14-5-9(4-12(19)16(14)22)8-20-21-17(23)15-7-10-6-11(18)2-3-13(10)25-15/h2-8,22H,1H3,(H,21,23)/b20-8+. The number of carbonyl (C=O) groups is 1. The highest BCUT2D eigenvalue weighted by Crippen LogP contribution is 2.31. The van der Waals surface area contributed by atoms with Gasteiger partial charge in [0.1, 0.15) is 5.58 Å². The Kier molecular flexibility index (Phi) is 5.28. The second-order valence-electron chi connectivity index (χ2n) is 5.05. The molecule has 0 spiro atoms. The minimum absolute atomic E-state index is 0.0673. The van der Waals surface area contributed by atoms with E-state index in [2.05, 4.69) is 26.5 Å². The molecule has 3 rings (SSSR count). The number of ether oxygens (including phenoxy) is 1. The molecule has 1 heterocycles. The number of hydrazone groups is 1. The average Bonchev–Trinajstić information content (AvgIpc) is 3.01. The molecule has 25 heavy (non-hydrogen) atoms. The van der Waals surface area contributed by atoms with Crippen molar-refractivity contribution >= 4 is 61.6 Å². The van der Waals surface area contributed by atoms with Crippen LogP contribution in [0.15, 0.2) is 50.4 Å². The summed E-state index contributed by atoms with van der Waals surface area (Å²) in [6.45, 7) is 0. The summed E-state index contributed by atoms with van der Waals surface area (Å²) in [6, 6.07) is 10.5. The van der Waals surface area contributed by atoms with Crippen molar-refractivity contribution in [1.29, 1.82) is 0 Å². The van der Waals surface area contributed by atoms with Crippen LogP contribution in [0.5, 0.6) is 11.5 Å². The fourth-order valence-corrected chi connectivity index (χ4v) is 3.17. The zero-order valence-electron chi connectivity index (χ0n) is 12.9. The fraction of sp³-hybridized carbons (Fsp3) is 0.0588. The molecule has 1 aromatic heterocycles. The molecular weight excluding hydrogens is 503 g/mol. The van der Waals surface area contributed by atoms with Crippen molar-refractivity contribution in [2.75, 3.05) is 7.11 Å². The summed E-state index contributed by atoms with van der Waals surface area (Å²) in [7, 11) is 1.47. The molecule has 3 aromatic rings. The Labute approximate surface area is 165 Å². The normalized spacial score (nSPS) is 11.2. The maximum Gasteiger partial charge on any atom is 0.307 e. The lowest BCUT2D eigenvalue weighted by Gasteiger charge is -2.06. The molecule has 0 atom stereocenters. The third-order valence-corrected chi connectivity index (χ3v) is 4.67. The van der Waals surface area contributed by atoms with Gasteiger partial charge in [0, 0.05) is 9.86 Å². The number of fused-ring (bicyclic) bond motifs is 1. The molecule has 0 saturated heterocycles. The van der Waals surface area contributed by atoms with Crippen molar-refractivity contribution in [2.24, 2.45) is 5.10 Å². The Balaban J connectivity index is 1.75. The number of nitrogens with one attached hydrogen (secondary N) is 1. The summed E-state index contributed by atoms with van der Waals surface area (Å²) in [5.74, 6) is 0.118. The van der Waals surface area contributed by atoms with Crippen LogP contribution in [0.3, 0.4) is 0 Å². The van der Waals surface area contributed by atoms with E-state index in [4.69, 9.17) is 9.15 Å². The Morgan fingerprint density at radius 2 is 2.16 bits per heavy atom. The number of phenolic OH excluding ortho intramolecular Hbond substituents is 1. The van der Waals surface area contributed by atoms with Gasteiger partial charge in [-0.2, -0.15) is 5.10 Å². The first-order valence-electron chi connectivity index (χ1n) is 7.07. The smallest absolute Gasteiger partial charge is 0.307 e. The van der Waals surface area contributed by atoms with Crippen molar-refractivity contribution in [3.63, 3.8) is 0 Å². The minimum atomic E-state index is -0.455. The molecule has 0 radical (unpaired) electrons. The maximum atomic E-state index is 12.1. The van der Waals surface area contributed by atoms with E-state index in [1.807, 2.05) is 34.7 Å². The predicted molar refractivity (Wildman–Crippen MR) is 106 cm³/mol. The number of benzene rings is 2. The first kappa shape index (κ1) is 17.7. The Morgan fingerprint density at radius 1 is 1.36 bits per heavy atom. The van der Waals surface area contributed by atoms with E-state index in [-0.39, 0.29) is 11.5 Å². The Bertz CT molecular complexity index is 984. The number of aromatic hydroxyl groups is 1. The Hall–Kier alpha value is -2.07. The average molecular weight is 515 g/mol. The molecule has 0 bridgehead atoms. The van der Waals surface area contributed by atoms with E-state index in [1.54, 1.807) is 24.3 Å². The molecule has 0 aliphatic heterocycles. The van der Waals surface area contributed by atoms with Crippen LogP contribution >= 0.6 is 38.5 Å². The van der Waals surface area contributed by atoms with Gasteiger partial charge in [-0.25, -0.2) is 5.43 Å². The fourth-order valence-electron chi connectivity index (χ4n) is 2.17. The third-order valence-electron chi connectivity index (χ3n) is 3.35. The molecular formula is C17H12BrIN2O4. The van der Waals surface area contributed by atoms with Crippen LogP contribution < -0.4 is 10.2 Å². The number of rotatable bonds is 4. The molecule has 8 heteroatoms. The number of carbonyl (C=O) groups excluding carboxylic acids is 1. The first-order valence-corrected chi connectivity index (χ1v) is 8.94. The molecule has 0 saturated carbocycles. The zero-order valence-corrected chi connectivity index (χ0v) is 16.7. The zero-order chi connectivity index (χ0) is 18.0. The van der Waals surface area contributed by atoms with Gasteiger partial charge in [-0.1, -0.05) is 15.9 Å². The second-order valence-corrected chi connectivity index (χ2v) is 7.12. The monoisotopic (exact) mass is 514 g/mol. The number of methoxy groups -OCH3 is 1. The van der Waals surface area contributed by atoms with E-state index >= 15 is 0 Å². The molecule has 1 amide bonds. The third kappa shape index (κ3) is 3.96. The van der Waals surface area contributed by atoms with Crippen LogP contribution in [-0.4, -0.2) is 24.3 Å². The van der Waals surface area contributed by atoms with Gasteiger partial charge in [0.2, 0.25) is 0 Å². The molecule has 0 unspecified atom stereocenters. The number of halogens is 2. The van der Waals surface area contributed by atoms with Gasteiger partial charge in [-0.05, 0) is 64.6 Å². The number of hydrogen-bond donors (Lipinski definition) is 2. The highest BCUT2D eigenvalue weighted by Gasteiger charge is 2.12. The largest absolute Gasteiger partial charge is 0.504 e. The summed E-state index contributed by atoms with van der Waals surface area (Å²) in [5, 5.41) is 14.5. The van der Waals surface area contributed by atoms with Gasteiger partial charge in [0.05, 0.1) is 16.9 Å². The number of phenols is 1. The van der Waals surface area contributed by atoms with Crippen LogP contribution in [0.1, 0.15) is 16.1 Å². The molecule has 128 valence electrons. The minimum Gasteiger partial charge on any atom is -0.504 e. The second kappa shape index (κ2) is 7.44. The molecule has 2 N–H and O–H groups in total. The number of amides is 1. The summed E-state index contributed by atoms with van der Waals surface area (Å²) < 4.78 is 12.1. The summed E-state index contributed by atoms with van der Waals surface area (Å²) in [5.41, 5.74) is 3.71. The first-order chi connectivity index (χ1) is 12.0. The van der Waals surface area contributed by atoms with Crippen molar-refractivity contribution < 1.29 is 19.1 Å². The van der Waals surface area contributed by atoms with E-state index in [9.17, 15) is 9.90 Å². The van der Waals surface area contributed by atoms with Gasteiger partial charge in [-0.15, -0.1) is 0 Å². The van der Waals surface area contributed by atoms with E-state index < -0.39 is 5.91 Å². The van der Waals surface area contributed by atoms with E-state index in [0.717, 1.165) is 9.86 Å². The number of nitrogens with zero attached hydrogens (tertiary/aromatic N) is 1. The molecule has 0 aliphatic rings. The van der Waals surface area contributed by atoms with Crippen LogP contribution in [0.2, 0.25) is 0 Å². The maximum absolute atomic E-state index is 12.1. The number of hydrogen-bond acceptors (Lipinski definition) is 5. The van der Waals surface area contributed by atoms with Crippen LogP contribution in [0.4, 0.5) is 0 Å². The predicted octanol–water partition coefficient (Wildman–Crippen LogP) is 4.28. The molecule has 2 aromatic carbocycles. The van der Waals surface area contributed by atoms with Crippen molar-refractivity contribution in [3.05, 3.63) is 55.8 Å². The number of furan rings is 1. The van der Waals surface area contributed by atoms with Gasteiger partial charge < -0.3 is 14.3 Å². The highest BCUT2D eigenvalue weighted by atomic mass is 127. The Morgan fingerprint density at radius 3 is 2.92 bits per heavy atom. The van der Waals surface area contributed by atoms with E-state index in [0.29, 0.717) is 20.5 Å². The SMILES string of the molecule is COc1cc(/C=N/NC(=O)c2cc3cc(Br)ccc3o2)cc(I)c1O. The van der Waals surface area contributed by atoms with Crippen LogP contribution in [0, 0.1) is 3.57 Å². The molecule has 0 aliphatic carbocycles. The van der Waals surface area contributed by atoms with Gasteiger partial charge in [0.15, 0.2) is 17.3 Å². The van der Waals surface area contributed by atoms with Crippen molar-refractivity contribution in [2.45, 2.75) is 0 Å². The molecule has 0 fully saturated rings. The lowest BCUT2D eigenvalue weighted by molar-refractivity contribution is 0.0929. The van der Waals surface area contributed by atoms with Gasteiger partial charge in [-0.3, -0.25) is 4.79 Å². The van der Waals surface area contributed by atoms with Crippen LogP contribution in [0.25, 0.3) is 11.0 Å². The summed E-state index contributed by atoms with van der Waals surface area (Å²) >= 11 is 5.36. The van der Waals surface area contributed by atoms with Gasteiger partial charge >= 0.3 is 5.91 Å². The van der Waals surface area contributed by atoms with Crippen LogP contribution in [-0.2, 0) is 0 Å². The summed E-state index contributed by atoms with van der Waals surface area (Å²) in [4.78, 5) is 12.1. The highest BCUT2D eigenvalue weighted by molar-refractivity contribution is 14.1. The molecule has 6 nitrogen and oxygen atoms in total. The quantitative estimate of drug-likeness (QED) is 0.309. The van der Waals surface area contributed by atoms with Gasteiger partial charge in [0.25, 0.3) is 0 Å². The summed E-state index contributed by atoms with van der Waals surface area (Å²) in [6.07, 6.45) is 1.46. The topological polar surface area (TPSA) is 84.1 Å². The van der Waals surface area contributed by atoms with Crippen molar-refractivity contribution in [1.82, 2.24) is 5.43 Å². The van der Waals surface area contributed by atoms with E-state index in [1.165, 1.54) is 13.3 Å².